The molecule has 1 atom stereocenters. The molecular formula is C13H13BrFNO. The highest BCUT2D eigenvalue weighted by Gasteiger charge is 2.18. The summed E-state index contributed by atoms with van der Waals surface area (Å²) in [5.41, 5.74) is 1.48. The highest BCUT2D eigenvalue weighted by atomic mass is 79.9. The van der Waals surface area contributed by atoms with Gasteiger partial charge in [-0.15, -0.1) is 0 Å². The Morgan fingerprint density at radius 2 is 2.12 bits per heavy atom. The third kappa shape index (κ3) is 2.42. The highest BCUT2D eigenvalue weighted by molar-refractivity contribution is 9.10. The monoisotopic (exact) mass is 297 g/mol. The van der Waals surface area contributed by atoms with Crippen molar-refractivity contribution in [3.63, 3.8) is 0 Å². The molecule has 0 bridgehead atoms. The molecule has 90 valence electrons. The number of halogens is 2. The van der Waals surface area contributed by atoms with Crippen molar-refractivity contribution in [2.45, 2.75) is 13.0 Å². The topological polar surface area (TPSA) is 25.2 Å². The van der Waals surface area contributed by atoms with Gasteiger partial charge in [0.15, 0.2) is 0 Å². The summed E-state index contributed by atoms with van der Waals surface area (Å²) in [6, 6.07) is 6.87. The molecule has 0 aliphatic rings. The zero-order valence-corrected chi connectivity index (χ0v) is 11.2. The Hall–Kier alpha value is -1.13. The average molecular weight is 298 g/mol. The van der Waals surface area contributed by atoms with Gasteiger partial charge in [-0.05, 0) is 53.2 Å². The van der Waals surface area contributed by atoms with Crippen LogP contribution in [0.1, 0.15) is 22.9 Å². The Balaban J connectivity index is 2.42. The number of aryl methyl sites for hydroxylation is 1. The van der Waals surface area contributed by atoms with Crippen LogP contribution in [0.15, 0.2) is 39.4 Å². The second kappa shape index (κ2) is 5.02. The van der Waals surface area contributed by atoms with Gasteiger partial charge >= 0.3 is 0 Å². The van der Waals surface area contributed by atoms with Crippen molar-refractivity contribution in [2.24, 2.45) is 0 Å². The van der Waals surface area contributed by atoms with Crippen molar-refractivity contribution in [3.8, 4) is 0 Å². The molecule has 1 unspecified atom stereocenters. The molecule has 2 nitrogen and oxygen atoms in total. The van der Waals surface area contributed by atoms with Crippen molar-refractivity contribution in [2.75, 3.05) is 7.05 Å². The molecule has 1 N–H and O–H groups in total. The Bertz CT molecular complexity index is 524. The predicted octanol–water partition coefficient (Wildman–Crippen LogP) is 3.80. The molecule has 0 saturated carbocycles. The van der Waals surface area contributed by atoms with Gasteiger partial charge in [0.1, 0.15) is 11.6 Å². The quantitative estimate of drug-likeness (QED) is 0.932. The molecule has 0 aliphatic heterocycles. The molecule has 1 heterocycles. The van der Waals surface area contributed by atoms with E-state index >= 15 is 0 Å². The maximum Gasteiger partial charge on any atom is 0.139 e. The van der Waals surface area contributed by atoms with E-state index in [1.54, 1.807) is 19.3 Å². The molecule has 17 heavy (non-hydrogen) atoms. The van der Waals surface area contributed by atoms with Crippen LogP contribution in [-0.4, -0.2) is 7.05 Å². The van der Waals surface area contributed by atoms with Crippen LogP contribution in [0, 0.1) is 12.7 Å². The summed E-state index contributed by atoms with van der Waals surface area (Å²) in [6.07, 6.45) is 1.61. The fourth-order valence-corrected chi connectivity index (χ4v) is 2.18. The lowest BCUT2D eigenvalue weighted by molar-refractivity contribution is 0.459. The van der Waals surface area contributed by atoms with Crippen LogP contribution in [-0.2, 0) is 0 Å². The van der Waals surface area contributed by atoms with E-state index in [0.29, 0.717) is 5.56 Å². The van der Waals surface area contributed by atoms with E-state index in [4.69, 9.17) is 4.42 Å². The van der Waals surface area contributed by atoms with Crippen LogP contribution in [0.25, 0.3) is 0 Å². The van der Waals surface area contributed by atoms with E-state index in [9.17, 15) is 4.39 Å². The van der Waals surface area contributed by atoms with Gasteiger partial charge in [-0.1, -0.05) is 12.1 Å². The van der Waals surface area contributed by atoms with Crippen molar-refractivity contribution < 1.29 is 8.81 Å². The van der Waals surface area contributed by atoms with Gasteiger partial charge in [-0.2, -0.15) is 0 Å². The Morgan fingerprint density at radius 3 is 2.65 bits per heavy atom. The summed E-state index contributed by atoms with van der Waals surface area (Å²) >= 11 is 3.41. The smallest absolute Gasteiger partial charge is 0.139 e. The van der Waals surface area contributed by atoms with Crippen molar-refractivity contribution >= 4 is 15.9 Å². The minimum absolute atomic E-state index is 0.158. The molecule has 0 aliphatic carbocycles. The first-order chi connectivity index (χ1) is 8.13. The Kier molecular flexibility index (Phi) is 3.64. The largest absolute Gasteiger partial charge is 0.466 e. The lowest BCUT2D eigenvalue weighted by atomic mass is 10.0. The first-order valence-corrected chi connectivity index (χ1v) is 6.09. The molecule has 0 saturated heterocycles. The number of rotatable bonds is 3. The van der Waals surface area contributed by atoms with Gasteiger partial charge in [0.25, 0.3) is 0 Å². The molecule has 0 spiro atoms. The molecule has 2 rings (SSSR count). The van der Waals surface area contributed by atoms with Crippen LogP contribution in [0.3, 0.4) is 0 Å². The number of furan rings is 1. The van der Waals surface area contributed by atoms with Crippen molar-refractivity contribution in [1.29, 1.82) is 0 Å². The van der Waals surface area contributed by atoms with Crippen molar-refractivity contribution in [3.05, 3.63) is 57.7 Å². The average Bonchev–Trinajstić information content (AvgIpc) is 2.71. The first-order valence-electron chi connectivity index (χ1n) is 5.29. The van der Waals surface area contributed by atoms with E-state index < -0.39 is 0 Å². The summed E-state index contributed by atoms with van der Waals surface area (Å²) < 4.78 is 19.8. The maximum atomic E-state index is 13.5. The first kappa shape index (κ1) is 12.3. The van der Waals surface area contributed by atoms with Gasteiger partial charge in [0.05, 0.1) is 16.8 Å². The molecule has 0 fully saturated rings. The zero-order valence-electron chi connectivity index (χ0n) is 9.63. The number of benzene rings is 1. The second-order valence-corrected chi connectivity index (χ2v) is 4.72. The normalized spacial score (nSPS) is 12.7. The molecule has 1 aromatic heterocycles. The van der Waals surface area contributed by atoms with Gasteiger partial charge in [0.2, 0.25) is 0 Å². The van der Waals surface area contributed by atoms with Crippen LogP contribution in [0.4, 0.5) is 4.39 Å². The van der Waals surface area contributed by atoms with Gasteiger partial charge in [0, 0.05) is 0 Å². The molecule has 0 amide bonds. The van der Waals surface area contributed by atoms with Gasteiger partial charge in [-0.25, -0.2) is 4.39 Å². The van der Waals surface area contributed by atoms with Crippen molar-refractivity contribution in [1.82, 2.24) is 5.32 Å². The van der Waals surface area contributed by atoms with Crippen LogP contribution < -0.4 is 5.32 Å². The molecular weight excluding hydrogens is 285 g/mol. The fourth-order valence-electron chi connectivity index (χ4n) is 1.75. The van der Waals surface area contributed by atoms with E-state index in [1.165, 1.54) is 6.07 Å². The minimum Gasteiger partial charge on any atom is -0.466 e. The standard InChI is InChI=1S/C13H13BrFNO/c1-8-3-4-9(7-11(8)15)12(16-2)13-10(14)5-6-17-13/h3-7,12,16H,1-2H3. The highest BCUT2D eigenvalue weighted by Crippen LogP contribution is 2.29. The third-order valence-corrected chi connectivity index (χ3v) is 3.38. The van der Waals surface area contributed by atoms with Gasteiger partial charge in [-0.3, -0.25) is 0 Å². The number of hydrogen-bond acceptors (Lipinski definition) is 2. The molecule has 1 aromatic carbocycles. The van der Waals surface area contributed by atoms with E-state index in [-0.39, 0.29) is 11.9 Å². The lowest BCUT2D eigenvalue weighted by Gasteiger charge is -2.15. The third-order valence-electron chi connectivity index (χ3n) is 2.72. The minimum atomic E-state index is -0.203. The van der Waals surface area contributed by atoms with Crippen LogP contribution in [0.5, 0.6) is 0 Å². The van der Waals surface area contributed by atoms with E-state index in [2.05, 4.69) is 21.2 Å². The van der Waals surface area contributed by atoms with Gasteiger partial charge < -0.3 is 9.73 Å². The summed E-state index contributed by atoms with van der Waals surface area (Å²) in [4.78, 5) is 0. The fraction of sp³-hybridized carbons (Fsp3) is 0.231. The zero-order chi connectivity index (χ0) is 12.4. The van der Waals surface area contributed by atoms with E-state index in [1.807, 2.05) is 19.2 Å². The second-order valence-electron chi connectivity index (χ2n) is 3.86. The Morgan fingerprint density at radius 1 is 1.35 bits per heavy atom. The molecule has 2 aromatic rings. The summed E-state index contributed by atoms with van der Waals surface area (Å²) in [6.45, 7) is 1.75. The lowest BCUT2D eigenvalue weighted by Crippen LogP contribution is -2.17. The van der Waals surface area contributed by atoms with Crippen LogP contribution in [0.2, 0.25) is 0 Å². The predicted molar refractivity (Wildman–Crippen MR) is 68.4 cm³/mol. The summed E-state index contributed by atoms with van der Waals surface area (Å²) in [5.74, 6) is 0.543. The number of nitrogens with one attached hydrogen (secondary N) is 1. The molecule has 0 radical (unpaired) electrons. The molecule has 4 heteroatoms. The number of hydrogen-bond donors (Lipinski definition) is 1. The van der Waals surface area contributed by atoms with E-state index in [0.717, 1.165) is 15.8 Å². The Labute approximate surface area is 108 Å². The van der Waals surface area contributed by atoms with Crippen LogP contribution >= 0.6 is 15.9 Å². The summed E-state index contributed by atoms with van der Waals surface area (Å²) in [7, 11) is 1.82. The summed E-state index contributed by atoms with van der Waals surface area (Å²) in [5, 5.41) is 3.12. The maximum absolute atomic E-state index is 13.5. The SMILES string of the molecule is CNC(c1ccc(C)c(F)c1)c1occc1Br.